The molecule has 0 saturated heterocycles. The van der Waals surface area contributed by atoms with Crippen molar-refractivity contribution in [2.24, 2.45) is 0 Å². The third kappa shape index (κ3) is 4.06. The highest BCUT2D eigenvalue weighted by atomic mass is 16.6. The Morgan fingerprint density at radius 1 is 1.22 bits per heavy atom. The average molecular weight is 315 g/mol. The van der Waals surface area contributed by atoms with Crippen molar-refractivity contribution in [2.45, 2.75) is 20.0 Å². The zero-order chi connectivity index (χ0) is 16.8. The van der Waals surface area contributed by atoms with Crippen molar-refractivity contribution in [1.29, 1.82) is 0 Å². The lowest BCUT2D eigenvalue weighted by Gasteiger charge is -2.15. The normalized spacial score (nSPS) is 11.6. The Bertz CT molecular complexity index is 714. The van der Waals surface area contributed by atoms with Gasteiger partial charge in [0.05, 0.1) is 11.5 Å². The molecule has 0 fully saturated rings. The monoisotopic (exact) mass is 315 g/mol. The predicted molar refractivity (Wildman–Crippen MR) is 84.5 cm³/mol. The molecule has 0 radical (unpaired) electrons. The first kappa shape index (κ1) is 16.5. The van der Waals surface area contributed by atoms with E-state index in [0.717, 1.165) is 0 Å². The van der Waals surface area contributed by atoms with Gasteiger partial charge in [0, 0.05) is 12.1 Å². The summed E-state index contributed by atoms with van der Waals surface area (Å²) in [4.78, 5) is 22.6. The number of nitro groups is 1. The van der Waals surface area contributed by atoms with Gasteiger partial charge in [-0.2, -0.15) is 0 Å². The molecule has 0 bridgehead atoms. The lowest BCUT2D eigenvalue weighted by Crippen LogP contribution is -2.11. The third-order valence-electron chi connectivity index (χ3n) is 3.24. The number of esters is 1. The fraction of sp³-hybridized carbons (Fsp3) is 0.235. The lowest BCUT2D eigenvalue weighted by molar-refractivity contribution is -0.385. The number of nitrogens with zero attached hydrogens (tertiary/aromatic N) is 1. The summed E-state index contributed by atoms with van der Waals surface area (Å²) >= 11 is 0. The molecular formula is C17H17NO5. The van der Waals surface area contributed by atoms with Gasteiger partial charge in [-0.1, -0.05) is 24.3 Å². The summed E-state index contributed by atoms with van der Waals surface area (Å²) in [6.45, 7) is 3.93. The molecule has 0 saturated carbocycles. The molecule has 6 nitrogen and oxygen atoms in total. The topological polar surface area (TPSA) is 78.7 Å². The van der Waals surface area contributed by atoms with E-state index in [1.54, 1.807) is 43.3 Å². The summed E-state index contributed by atoms with van der Waals surface area (Å²) in [7, 11) is 0. The second-order valence-electron chi connectivity index (χ2n) is 4.83. The van der Waals surface area contributed by atoms with Crippen molar-refractivity contribution in [3.8, 4) is 5.75 Å². The van der Waals surface area contributed by atoms with Crippen LogP contribution in [0.3, 0.4) is 0 Å². The number of para-hydroxylation sites is 1. The molecule has 0 N–H and O–H groups in total. The van der Waals surface area contributed by atoms with Crippen molar-refractivity contribution >= 4 is 11.7 Å². The summed E-state index contributed by atoms with van der Waals surface area (Å²) < 4.78 is 10.8. The molecule has 23 heavy (non-hydrogen) atoms. The Labute approximate surface area is 133 Å². The van der Waals surface area contributed by atoms with Crippen LogP contribution in [0.4, 0.5) is 5.69 Å². The molecule has 0 aliphatic rings. The van der Waals surface area contributed by atoms with Crippen LogP contribution in [-0.4, -0.2) is 17.5 Å². The van der Waals surface area contributed by atoms with E-state index in [4.69, 9.17) is 9.47 Å². The highest BCUT2D eigenvalue weighted by Crippen LogP contribution is 2.25. The van der Waals surface area contributed by atoms with Gasteiger partial charge >= 0.3 is 5.97 Å². The maximum atomic E-state index is 12.3. The Morgan fingerprint density at radius 3 is 2.65 bits per heavy atom. The maximum Gasteiger partial charge on any atom is 0.342 e. The Kier molecular flexibility index (Phi) is 5.30. The van der Waals surface area contributed by atoms with Gasteiger partial charge in [-0.25, -0.2) is 4.79 Å². The molecule has 0 heterocycles. The van der Waals surface area contributed by atoms with E-state index in [1.165, 1.54) is 12.1 Å². The van der Waals surface area contributed by atoms with Gasteiger partial charge in [0.15, 0.2) is 0 Å². The molecule has 120 valence electrons. The number of ether oxygens (including phenoxy) is 2. The number of hydrogen-bond acceptors (Lipinski definition) is 5. The van der Waals surface area contributed by atoms with E-state index in [-0.39, 0.29) is 5.69 Å². The summed E-state index contributed by atoms with van der Waals surface area (Å²) in [5, 5.41) is 10.8. The Balaban J connectivity index is 2.17. The number of benzene rings is 2. The van der Waals surface area contributed by atoms with E-state index < -0.39 is 17.0 Å². The van der Waals surface area contributed by atoms with Crippen LogP contribution in [0, 0.1) is 10.1 Å². The predicted octanol–water partition coefficient (Wildman–Crippen LogP) is 3.91. The number of nitro benzene ring substituents is 1. The molecule has 0 aliphatic carbocycles. The minimum Gasteiger partial charge on any atom is -0.493 e. The number of hydrogen-bond donors (Lipinski definition) is 0. The molecule has 0 spiro atoms. The van der Waals surface area contributed by atoms with Crippen molar-refractivity contribution < 1.29 is 19.2 Å². The van der Waals surface area contributed by atoms with Crippen LogP contribution in [0.25, 0.3) is 0 Å². The number of rotatable bonds is 6. The van der Waals surface area contributed by atoms with Crippen LogP contribution < -0.4 is 4.74 Å². The maximum absolute atomic E-state index is 12.3. The van der Waals surface area contributed by atoms with Gasteiger partial charge in [-0.05, 0) is 31.5 Å². The molecule has 0 aliphatic heterocycles. The van der Waals surface area contributed by atoms with Crippen molar-refractivity contribution in [2.75, 3.05) is 6.61 Å². The number of carbonyl (C=O) groups excluding carboxylic acids is 1. The molecule has 2 rings (SSSR count). The quantitative estimate of drug-likeness (QED) is 0.459. The molecule has 0 aromatic heterocycles. The molecule has 2 aromatic rings. The zero-order valence-electron chi connectivity index (χ0n) is 12.9. The van der Waals surface area contributed by atoms with E-state index in [9.17, 15) is 14.9 Å². The summed E-state index contributed by atoms with van der Waals surface area (Å²) in [5.41, 5.74) is 0.841. The Hall–Kier alpha value is -2.89. The molecule has 1 atom stereocenters. The second kappa shape index (κ2) is 7.40. The first-order valence-electron chi connectivity index (χ1n) is 7.20. The fourth-order valence-corrected chi connectivity index (χ4v) is 2.10. The largest absolute Gasteiger partial charge is 0.493 e. The van der Waals surface area contributed by atoms with Crippen LogP contribution in [0.15, 0.2) is 48.5 Å². The summed E-state index contributed by atoms with van der Waals surface area (Å²) in [5.74, 6) is -0.0840. The second-order valence-corrected chi connectivity index (χ2v) is 4.83. The van der Waals surface area contributed by atoms with Gasteiger partial charge in [0.25, 0.3) is 5.69 Å². The first-order valence-corrected chi connectivity index (χ1v) is 7.20. The Morgan fingerprint density at radius 2 is 1.96 bits per heavy atom. The SMILES string of the molecule is CCOc1ccccc1C(=O)OC(C)c1cccc([N+](=O)[O-])c1. The van der Waals surface area contributed by atoms with Crippen LogP contribution >= 0.6 is 0 Å². The third-order valence-corrected chi connectivity index (χ3v) is 3.24. The molecule has 1 unspecified atom stereocenters. The molecule has 6 heteroatoms. The highest BCUT2D eigenvalue weighted by Gasteiger charge is 2.18. The minimum atomic E-state index is -0.614. The minimum absolute atomic E-state index is 0.0416. The molecule has 2 aromatic carbocycles. The summed E-state index contributed by atoms with van der Waals surface area (Å²) in [6.07, 6.45) is -0.614. The first-order chi connectivity index (χ1) is 11.0. The molecule has 0 amide bonds. The van der Waals surface area contributed by atoms with Gasteiger partial charge in [-0.15, -0.1) is 0 Å². The van der Waals surface area contributed by atoms with Gasteiger partial charge in [0.1, 0.15) is 17.4 Å². The smallest absolute Gasteiger partial charge is 0.342 e. The lowest BCUT2D eigenvalue weighted by atomic mass is 10.1. The summed E-state index contributed by atoms with van der Waals surface area (Å²) in [6, 6.07) is 12.8. The van der Waals surface area contributed by atoms with Crippen LogP contribution in [0.2, 0.25) is 0 Å². The van der Waals surface area contributed by atoms with Gasteiger partial charge in [0.2, 0.25) is 0 Å². The van der Waals surface area contributed by atoms with E-state index >= 15 is 0 Å². The standard InChI is InChI=1S/C17H17NO5/c1-3-22-16-10-5-4-9-15(16)17(19)23-12(2)13-7-6-8-14(11-13)18(20)21/h4-12H,3H2,1-2H3. The highest BCUT2D eigenvalue weighted by molar-refractivity contribution is 5.92. The number of non-ortho nitro benzene ring substituents is 1. The van der Waals surface area contributed by atoms with E-state index in [2.05, 4.69) is 0 Å². The fourth-order valence-electron chi connectivity index (χ4n) is 2.10. The van der Waals surface area contributed by atoms with Crippen molar-refractivity contribution in [3.63, 3.8) is 0 Å². The van der Waals surface area contributed by atoms with Gasteiger partial charge in [-0.3, -0.25) is 10.1 Å². The van der Waals surface area contributed by atoms with Gasteiger partial charge < -0.3 is 9.47 Å². The molecular weight excluding hydrogens is 298 g/mol. The van der Waals surface area contributed by atoms with Crippen LogP contribution in [0.1, 0.15) is 35.9 Å². The van der Waals surface area contributed by atoms with Crippen molar-refractivity contribution in [1.82, 2.24) is 0 Å². The average Bonchev–Trinajstić information content (AvgIpc) is 2.55. The zero-order valence-corrected chi connectivity index (χ0v) is 12.9. The van der Waals surface area contributed by atoms with E-state index in [0.29, 0.717) is 23.5 Å². The van der Waals surface area contributed by atoms with Crippen LogP contribution in [0.5, 0.6) is 5.75 Å². The van der Waals surface area contributed by atoms with Crippen molar-refractivity contribution in [3.05, 3.63) is 69.8 Å². The number of carbonyl (C=O) groups is 1. The van der Waals surface area contributed by atoms with E-state index in [1.807, 2.05) is 6.92 Å². The van der Waals surface area contributed by atoms with Crippen LogP contribution in [-0.2, 0) is 4.74 Å².